The van der Waals surface area contributed by atoms with E-state index in [1.165, 1.54) is 16.5 Å². The third-order valence-electron chi connectivity index (χ3n) is 7.02. The fraction of sp³-hybridized carbons (Fsp3) is 0.0909. The van der Waals surface area contributed by atoms with E-state index in [1.807, 2.05) is 13.0 Å². The Bertz CT molecular complexity index is 1800. The van der Waals surface area contributed by atoms with Gasteiger partial charge in [0, 0.05) is 16.6 Å². The maximum atomic E-state index is 7.84. The van der Waals surface area contributed by atoms with E-state index in [1.54, 1.807) is 0 Å². The van der Waals surface area contributed by atoms with Crippen molar-refractivity contribution in [2.45, 2.75) is 20.8 Å². The van der Waals surface area contributed by atoms with Gasteiger partial charge in [0.1, 0.15) is 5.82 Å². The van der Waals surface area contributed by atoms with Gasteiger partial charge in [-0.25, -0.2) is 9.83 Å². The fourth-order valence-electron chi connectivity index (χ4n) is 5.37. The van der Waals surface area contributed by atoms with Crippen LogP contribution in [0.4, 0.5) is 5.69 Å². The Morgan fingerprint density at radius 3 is 2.11 bits per heavy atom. The van der Waals surface area contributed by atoms with Crippen LogP contribution in [0.1, 0.15) is 16.7 Å². The highest BCUT2D eigenvalue weighted by Gasteiger charge is 2.21. The molecule has 0 radical (unpaired) electrons. The molecule has 36 heavy (non-hydrogen) atoms. The molecule has 0 atom stereocenters. The van der Waals surface area contributed by atoms with Crippen LogP contribution < -0.4 is 0 Å². The summed E-state index contributed by atoms with van der Waals surface area (Å²) in [7, 11) is 0. The number of hydrogen-bond donors (Lipinski definition) is 0. The lowest BCUT2D eigenvalue weighted by Crippen LogP contribution is -2.04. The van der Waals surface area contributed by atoms with E-state index in [0.717, 1.165) is 50.2 Å². The second-order valence-corrected chi connectivity index (χ2v) is 9.31. The molecule has 172 valence electrons. The first-order valence-corrected chi connectivity index (χ1v) is 12.1. The molecule has 0 saturated carbocycles. The van der Waals surface area contributed by atoms with Crippen LogP contribution >= 0.6 is 0 Å². The van der Waals surface area contributed by atoms with E-state index in [9.17, 15) is 0 Å². The number of nitrogens with zero attached hydrogens (tertiary/aromatic N) is 3. The smallest absolute Gasteiger partial charge is 0.195 e. The van der Waals surface area contributed by atoms with Gasteiger partial charge >= 0.3 is 0 Å². The Balaban J connectivity index is 1.68. The molecule has 5 aromatic carbocycles. The molecule has 3 nitrogen and oxygen atoms in total. The highest BCUT2D eigenvalue weighted by molar-refractivity contribution is 6.06. The summed E-state index contributed by atoms with van der Waals surface area (Å²) in [6.07, 6.45) is 0. The average molecular weight is 464 g/mol. The van der Waals surface area contributed by atoms with Gasteiger partial charge in [-0.2, -0.15) is 0 Å². The standard InChI is InChI=1S/C33H25N3/c1-21-20-22(2)31(23(3)30(21)34-4)36-32-28-13-9-8-12-26(28)18-19-29(32)35-33(36)27-16-14-25(15-17-27)24-10-6-5-7-11-24/h5-20H,1-3H3. The second kappa shape index (κ2) is 8.52. The van der Waals surface area contributed by atoms with Crippen molar-refractivity contribution in [2.24, 2.45) is 0 Å². The number of fused-ring (bicyclic) bond motifs is 3. The van der Waals surface area contributed by atoms with Gasteiger partial charge in [0.2, 0.25) is 0 Å². The molecule has 0 bridgehead atoms. The highest BCUT2D eigenvalue weighted by atomic mass is 15.1. The van der Waals surface area contributed by atoms with Gasteiger partial charge in [-0.15, -0.1) is 0 Å². The number of aryl methyl sites for hydroxylation is 2. The summed E-state index contributed by atoms with van der Waals surface area (Å²) in [5.41, 5.74) is 10.3. The number of hydrogen-bond acceptors (Lipinski definition) is 1. The highest BCUT2D eigenvalue weighted by Crippen LogP contribution is 2.39. The van der Waals surface area contributed by atoms with Crippen LogP contribution in [0.15, 0.2) is 97.1 Å². The van der Waals surface area contributed by atoms with E-state index < -0.39 is 0 Å². The summed E-state index contributed by atoms with van der Waals surface area (Å²) in [6.45, 7) is 14.0. The van der Waals surface area contributed by atoms with Crippen LogP contribution in [0, 0.1) is 27.3 Å². The summed E-state index contributed by atoms with van der Waals surface area (Å²) in [6, 6.07) is 33.8. The Morgan fingerprint density at radius 1 is 0.694 bits per heavy atom. The van der Waals surface area contributed by atoms with Gasteiger partial charge < -0.3 is 0 Å². The molecule has 0 fully saturated rings. The Kier molecular flexibility index (Phi) is 5.16. The summed E-state index contributed by atoms with van der Waals surface area (Å²) in [5, 5.41) is 2.32. The van der Waals surface area contributed by atoms with Crippen molar-refractivity contribution in [3.63, 3.8) is 0 Å². The summed E-state index contributed by atoms with van der Waals surface area (Å²) in [4.78, 5) is 9.04. The lowest BCUT2D eigenvalue weighted by Gasteiger charge is -2.19. The molecule has 6 rings (SSSR count). The minimum Gasteiger partial charge on any atom is -0.292 e. The molecule has 0 aliphatic rings. The van der Waals surface area contributed by atoms with Crippen molar-refractivity contribution >= 4 is 27.5 Å². The lowest BCUT2D eigenvalue weighted by atomic mass is 10.0. The van der Waals surface area contributed by atoms with Crippen molar-refractivity contribution < 1.29 is 0 Å². The lowest BCUT2D eigenvalue weighted by molar-refractivity contribution is 1.06. The minimum absolute atomic E-state index is 0.711. The predicted octanol–water partition coefficient (Wildman–Crippen LogP) is 8.99. The average Bonchev–Trinajstić information content (AvgIpc) is 3.29. The van der Waals surface area contributed by atoms with Gasteiger partial charge in [-0.1, -0.05) is 91.0 Å². The molecule has 3 heteroatoms. The van der Waals surface area contributed by atoms with Crippen molar-refractivity contribution in [1.82, 2.24) is 9.55 Å². The Labute approximate surface area is 211 Å². The quantitative estimate of drug-likeness (QED) is 0.240. The van der Waals surface area contributed by atoms with E-state index in [0.29, 0.717) is 5.69 Å². The largest absolute Gasteiger partial charge is 0.292 e. The first-order valence-electron chi connectivity index (χ1n) is 12.1. The van der Waals surface area contributed by atoms with Gasteiger partial charge in [0.15, 0.2) is 5.69 Å². The zero-order valence-corrected chi connectivity index (χ0v) is 20.6. The van der Waals surface area contributed by atoms with Gasteiger partial charge in [0.25, 0.3) is 0 Å². The number of benzene rings is 5. The molecular weight excluding hydrogens is 438 g/mol. The maximum absolute atomic E-state index is 7.84. The molecule has 0 spiro atoms. The molecule has 1 heterocycles. The molecule has 0 unspecified atom stereocenters. The van der Waals surface area contributed by atoms with Crippen molar-refractivity contribution in [2.75, 3.05) is 0 Å². The predicted molar refractivity (Wildman–Crippen MR) is 150 cm³/mol. The molecule has 0 N–H and O–H groups in total. The number of imidazole rings is 1. The monoisotopic (exact) mass is 463 g/mol. The summed E-state index contributed by atoms with van der Waals surface area (Å²) >= 11 is 0. The number of aromatic nitrogens is 2. The SMILES string of the molecule is [C-]#[N+]c1c(C)cc(C)c(-n2c(-c3ccc(-c4ccccc4)cc3)nc3ccc4ccccc4c32)c1C. The maximum Gasteiger partial charge on any atom is 0.195 e. The van der Waals surface area contributed by atoms with Crippen LogP contribution in [-0.4, -0.2) is 9.55 Å². The summed E-state index contributed by atoms with van der Waals surface area (Å²) < 4.78 is 2.27. The van der Waals surface area contributed by atoms with E-state index >= 15 is 0 Å². The first-order chi connectivity index (χ1) is 17.6. The molecule has 0 aliphatic carbocycles. The third kappa shape index (κ3) is 3.39. The molecule has 1 aromatic heterocycles. The minimum atomic E-state index is 0.711. The van der Waals surface area contributed by atoms with Gasteiger partial charge in [-0.3, -0.25) is 4.57 Å². The topological polar surface area (TPSA) is 22.2 Å². The fourth-order valence-corrected chi connectivity index (χ4v) is 5.37. The Morgan fingerprint density at radius 2 is 1.36 bits per heavy atom. The molecule has 0 saturated heterocycles. The van der Waals surface area contributed by atoms with Crippen LogP contribution in [0.3, 0.4) is 0 Å². The number of rotatable bonds is 3. The first kappa shape index (κ1) is 21.8. The molecule has 0 amide bonds. The van der Waals surface area contributed by atoms with E-state index in [-0.39, 0.29) is 0 Å². The third-order valence-corrected chi connectivity index (χ3v) is 7.02. The molecular formula is C33H25N3. The molecule has 0 aliphatic heterocycles. The van der Waals surface area contributed by atoms with Gasteiger partial charge in [0.05, 0.1) is 17.6 Å². The zero-order chi connectivity index (χ0) is 24.8. The van der Waals surface area contributed by atoms with Crippen molar-refractivity contribution in [3.05, 3.63) is 125 Å². The van der Waals surface area contributed by atoms with Crippen molar-refractivity contribution in [1.29, 1.82) is 0 Å². The zero-order valence-electron chi connectivity index (χ0n) is 20.6. The normalized spacial score (nSPS) is 11.2. The van der Waals surface area contributed by atoms with Crippen LogP contribution in [-0.2, 0) is 0 Å². The van der Waals surface area contributed by atoms with Gasteiger partial charge in [-0.05, 0) is 60.0 Å². The second-order valence-electron chi connectivity index (χ2n) is 9.31. The van der Waals surface area contributed by atoms with Crippen LogP contribution in [0.2, 0.25) is 0 Å². The van der Waals surface area contributed by atoms with E-state index in [2.05, 4.69) is 114 Å². The van der Waals surface area contributed by atoms with Crippen molar-refractivity contribution in [3.8, 4) is 28.2 Å². The molecule has 6 aromatic rings. The van der Waals surface area contributed by atoms with Crippen LogP contribution in [0.5, 0.6) is 0 Å². The summed E-state index contributed by atoms with van der Waals surface area (Å²) in [5.74, 6) is 0.881. The van der Waals surface area contributed by atoms with E-state index in [4.69, 9.17) is 11.6 Å². The van der Waals surface area contributed by atoms with Crippen LogP contribution in [0.25, 0.3) is 54.9 Å². The Hall–Kier alpha value is -4.68.